The van der Waals surface area contributed by atoms with Crippen LogP contribution in [0.4, 0.5) is 0 Å². The topological polar surface area (TPSA) is 65.2 Å². The summed E-state index contributed by atoms with van der Waals surface area (Å²) in [5.41, 5.74) is 2.80. The van der Waals surface area contributed by atoms with Crippen LogP contribution in [-0.2, 0) is 0 Å². The normalized spacial score (nSPS) is 15.4. The van der Waals surface area contributed by atoms with Crippen LogP contribution in [0.3, 0.4) is 0 Å². The van der Waals surface area contributed by atoms with Crippen molar-refractivity contribution in [3.63, 3.8) is 0 Å². The third-order valence-electron chi connectivity index (χ3n) is 4.59. The fourth-order valence-corrected chi connectivity index (χ4v) is 3.34. The zero-order chi connectivity index (χ0) is 16.3. The Morgan fingerprint density at radius 2 is 1.87 bits per heavy atom. The number of aryl methyl sites for hydroxylation is 1. The van der Waals surface area contributed by atoms with Crippen LogP contribution in [0.5, 0.6) is 0 Å². The van der Waals surface area contributed by atoms with Gasteiger partial charge in [0.05, 0.1) is 0 Å². The van der Waals surface area contributed by atoms with Gasteiger partial charge in [0.25, 0.3) is 5.91 Å². The second kappa shape index (κ2) is 8.50. The van der Waals surface area contributed by atoms with Crippen molar-refractivity contribution in [1.82, 2.24) is 15.2 Å². The molecule has 0 atom stereocenters. The van der Waals surface area contributed by atoms with Crippen molar-refractivity contribution < 1.29 is 9.59 Å². The minimum absolute atomic E-state index is 0. The maximum absolute atomic E-state index is 12.7. The average Bonchev–Trinajstić information content (AvgIpc) is 2.79. The molecule has 0 saturated carbocycles. The minimum Gasteiger partial charge on any atom is -0.354 e. The Hall–Kier alpha value is -1.33. The van der Waals surface area contributed by atoms with Gasteiger partial charge in [-0.3, -0.25) is 9.59 Å². The summed E-state index contributed by atoms with van der Waals surface area (Å²) in [5, 5.41) is 3.38. The Labute approximate surface area is 144 Å². The summed E-state index contributed by atoms with van der Waals surface area (Å²) in [6.07, 6.45) is 2.08. The summed E-state index contributed by atoms with van der Waals surface area (Å²) in [7, 11) is 0. The van der Waals surface area contributed by atoms with E-state index in [1.54, 1.807) is 6.92 Å². The van der Waals surface area contributed by atoms with Crippen molar-refractivity contribution in [3.8, 4) is 0 Å². The van der Waals surface area contributed by atoms with Gasteiger partial charge in [0.1, 0.15) is 5.69 Å². The van der Waals surface area contributed by atoms with Crippen molar-refractivity contribution in [1.29, 1.82) is 0 Å². The first kappa shape index (κ1) is 19.7. The van der Waals surface area contributed by atoms with Crippen LogP contribution in [0.25, 0.3) is 0 Å². The molecule has 1 aliphatic heterocycles. The summed E-state index contributed by atoms with van der Waals surface area (Å²) in [4.78, 5) is 29.4. The minimum atomic E-state index is 0. The highest BCUT2D eigenvalue weighted by atomic mass is 35.5. The molecule has 1 fully saturated rings. The molecule has 2 heterocycles. The van der Waals surface area contributed by atoms with Crippen LogP contribution in [-0.4, -0.2) is 47.8 Å². The number of nitrogens with zero attached hydrogens (tertiary/aromatic N) is 1. The molecule has 6 heteroatoms. The maximum Gasteiger partial charge on any atom is 0.270 e. The number of nitrogens with one attached hydrogen (secondary N) is 2. The third kappa shape index (κ3) is 4.36. The van der Waals surface area contributed by atoms with E-state index < -0.39 is 0 Å². The summed E-state index contributed by atoms with van der Waals surface area (Å²) in [6, 6.07) is 0. The molecule has 0 aliphatic carbocycles. The molecule has 1 aromatic heterocycles. The number of likely N-dealkylation sites (tertiary alicyclic amines) is 1. The van der Waals surface area contributed by atoms with Crippen LogP contribution < -0.4 is 5.32 Å². The number of carbonyl (C=O) groups is 2. The van der Waals surface area contributed by atoms with Crippen molar-refractivity contribution in [3.05, 3.63) is 22.5 Å². The number of halogens is 1. The SMILES string of the molecule is CCNCC1CCN(C(=O)c2[nH]c(C)c(C(C)=O)c2C)CC1.Cl. The van der Waals surface area contributed by atoms with Gasteiger partial charge in [-0.25, -0.2) is 0 Å². The Kier molecular flexibility index (Phi) is 7.29. The van der Waals surface area contributed by atoms with E-state index >= 15 is 0 Å². The molecule has 1 saturated heterocycles. The van der Waals surface area contributed by atoms with Crippen molar-refractivity contribution in [2.24, 2.45) is 5.92 Å². The number of hydrogen-bond donors (Lipinski definition) is 2. The molecule has 2 rings (SSSR count). The molecule has 1 amide bonds. The molecule has 5 nitrogen and oxygen atoms in total. The lowest BCUT2D eigenvalue weighted by atomic mass is 9.96. The first-order chi connectivity index (χ1) is 10.5. The second-order valence-corrected chi connectivity index (χ2v) is 6.22. The molecule has 0 aromatic carbocycles. The average molecular weight is 342 g/mol. The molecule has 0 unspecified atom stereocenters. The number of ketones is 1. The second-order valence-electron chi connectivity index (χ2n) is 6.22. The zero-order valence-electron chi connectivity index (χ0n) is 14.5. The van der Waals surface area contributed by atoms with Gasteiger partial charge in [-0.2, -0.15) is 0 Å². The molecule has 0 radical (unpaired) electrons. The van der Waals surface area contributed by atoms with E-state index in [4.69, 9.17) is 0 Å². The summed E-state index contributed by atoms with van der Waals surface area (Å²) >= 11 is 0. The van der Waals surface area contributed by atoms with Gasteiger partial charge in [0.2, 0.25) is 0 Å². The highest BCUT2D eigenvalue weighted by Gasteiger charge is 2.27. The summed E-state index contributed by atoms with van der Waals surface area (Å²) in [5.74, 6) is 0.688. The number of aromatic amines is 1. The van der Waals surface area contributed by atoms with E-state index in [0.29, 0.717) is 17.2 Å². The number of H-pyrrole nitrogens is 1. The highest BCUT2D eigenvalue weighted by molar-refractivity contribution is 6.02. The van der Waals surface area contributed by atoms with Gasteiger partial charge in [0, 0.05) is 24.3 Å². The van der Waals surface area contributed by atoms with Gasteiger partial charge in [-0.05, 0) is 58.2 Å². The zero-order valence-corrected chi connectivity index (χ0v) is 15.3. The Bertz CT molecular complexity index is 560. The molecular formula is C17H28ClN3O2. The first-order valence-electron chi connectivity index (χ1n) is 8.15. The highest BCUT2D eigenvalue weighted by Crippen LogP contribution is 2.23. The quantitative estimate of drug-likeness (QED) is 0.809. The lowest BCUT2D eigenvalue weighted by Crippen LogP contribution is -2.41. The van der Waals surface area contributed by atoms with Crippen LogP contribution in [0.15, 0.2) is 0 Å². The molecular weight excluding hydrogens is 314 g/mol. The fraction of sp³-hybridized carbons (Fsp3) is 0.647. The summed E-state index contributed by atoms with van der Waals surface area (Å²) in [6.45, 7) is 11.0. The monoisotopic (exact) mass is 341 g/mol. The molecule has 130 valence electrons. The molecule has 1 aliphatic rings. The molecule has 0 spiro atoms. The Balaban J connectivity index is 0.00000264. The van der Waals surface area contributed by atoms with Gasteiger partial charge in [-0.1, -0.05) is 6.92 Å². The van der Waals surface area contributed by atoms with Crippen molar-refractivity contribution >= 4 is 24.1 Å². The van der Waals surface area contributed by atoms with Gasteiger partial charge in [0.15, 0.2) is 5.78 Å². The van der Waals surface area contributed by atoms with E-state index in [2.05, 4.69) is 17.2 Å². The van der Waals surface area contributed by atoms with Crippen LogP contribution in [0, 0.1) is 19.8 Å². The van der Waals surface area contributed by atoms with Gasteiger partial charge < -0.3 is 15.2 Å². The predicted octanol–water partition coefficient (Wildman–Crippen LogP) is 2.72. The van der Waals surface area contributed by atoms with Crippen LogP contribution in [0.1, 0.15) is 58.8 Å². The fourth-order valence-electron chi connectivity index (χ4n) is 3.34. The number of hydrogen-bond acceptors (Lipinski definition) is 3. The molecule has 1 aromatic rings. The number of aromatic nitrogens is 1. The molecule has 23 heavy (non-hydrogen) atoms. The molecule has 2 N–H and O–H groups in total. The lowest BCUT2D eigenvalue weighted by molar-refractivity contribution is 0.0684. The number of piperidine rings is 1. The van der Waals surface area contributed by atoms with E-state index in [1.807, 2.05) is 18.7 Å². The van der Waals surface area contributed by atoms with Crippen LogP contribution in [0.2, 0.25) is 0 Å². The van der Waals surface area contributed by atoms with E-state index in [0.717, 1.165) is 50.3 Å². The third-order valence-corrected chi connectivity index (χ3v) is 4.59. The first-order valence-corrected chi connectivity index (χ1v) is 8.15. The predicted molar refractivity (Wildman–Crippen MR) is 94.7 cm³/mol. The van der Waals surface area contributed by atoms with E-state index in [1.165, 1.54) is 0 Å². The molecule has 0 bridgehead atoms. The largest absolute Gasteiger partial charge is 0.354 e. The summed E-state index contributed by atoms with van der Waals surface area (Å²) < 4.78 is 0. The van der Waals surface area contributed by atoms with E-state index in [9.17, 15) is 9.59 Å². The van der Waals surface area contributed by atoms with Gasteiger partial charge in [-0.15, -0.1) is 12.4 Å². The number of Topliss-reactive ketones (excluding diaryl/α,β-unsaturated/α-hetero) is 1. The van der Waals surface area contributed by atoms with Crippen LogP contribution >= 0.6 is 12.4 Å². The maximum atomic E-state index is 12.7. The Morgan fingerprint density at radius 1 is 1.26 bits per heavy atom. The van der Waals surface area contributed by atoms with E-state index in [-0.39, 0.29) is 24.1 Å². The Morgan fingerprint density at radius 3 is 2.35 bits per heavy atom. The van der Waals surface area contributed by atoms with Gasteiger partial charge >= 0.3 is 0 Å². The van der Waals surface area contributed by atoms with Crippen molar-refractivity contribution in [2.75, 3.05) is 26.2 Å². The van der Waals surface area contributed by atoms with Crippen molar-refractivity contribution in [2.45, 2.75) is 40.5 Å². The number of rotatable bonds is 5. The standard InChI is InChI=1S/C17H27N3O2.ClH/c1-5-18-10-14-6-8-20(9-7-14)17(22)16-11(2)15(13(4)21)12(3)19-16;/h14,18-19H,5-10H2,1-4H3;1H. The smallest absolute Gasteiger partial charge is 0.270 e. The number of amides is 1. The number of carbonyl (C=O) groups excluding carboxylic acids is 2. The lowest BCUT2D eigenvalue weighted by Gasteiger charge is -2.32.